The van der Waals surface area contributed by atoms with Crippen molar-refractivity contribution < 1.29 is 9.18 Å². The first-order valence-electron chi connectivity index (χ1n) is 10.4. The van der Waals surface area contributed by atoms with Gasteiger partial charge in [0.15, 0.2) is 0 Å². The van der Waals surface area contributed by atoms with Gasteiger partial charge in [0.2, 0.25) is 0 Å². The predicted octanol–water partition coefficient (Wildman–Crippen LogP) is 4.50. The maximum absolute atomic E-state index is 13.9. The fourth-order valence-corrected chi connectivity index (χ4v) is 4.68. The van der Waals surface area contributed by atoms with Crippen LogP contribution in [0.5, 0.6) is 0 Å². The van der Waals surface area contributed by atoms with E-state index in [2.05, 4.69) is 39.4 Å². The summed E-state index contributed by atoms with van der Waals surface area (Å²) in [6.07, 6.45) is 0.919. The Bertz CT molecular complexity index is 967. The number of piperazine rings is 1. The minimum Gasteiger partial charge on any atom is -0.369 e. The number of thiophene rings is 1. The molecule has 156 valence electrons. The standard InChI is InChI=1S/C24H26FN3OS/c25-21-10-5-4-9-20(21)22-11-12-23(30-22)24(29)26-13-6-14-27-15-17-28(18-16-27)19-7-2-1-3-8-19/h1-5,7-12H,6,13-18H2,(H,26,29). The molecule has 4 nitrogen and oxygen atoms in total. The minimum absolute atomic E-state index is 0.0866. The number of hydrogen-bond donors (Lipinski definition) is 1. The number of benzene rings is 2. The molecule has 1 saturated heterocycles. The van der Waals surface area contributed by atoms with E-state index in [1.165, 1.54) is 23.1 Å². The van der Waals surface area contributed by atoms with Crippen molar-refractivity contribution >= 4 is 22.9 Å². The van der Waals surface area contributed by atoms with Crippen molar-refractivity contribution in [1.29, 1.82) is 0 Å². The third kappa shape index (κ3) is 5.07. The second-order valence-electron chi connectivity index (χ2n) is 7.42. The minimum atomic E-state index is -0.265. The van der Waals surface area contributed by atoms with E-state index in [1.54, 1.807) is 24.3 Å². The van der Waals surface area contributed by atoms with Crippen molar-refractivity contribution in [3.63, 3.8) is 0 Å². The van der Waals surface area contributed by atoms with Gasteiger partial charge in [-0.15, -0.1) is 11.3 Å². The van der Waals surface area contributed by atoms with Crippen LogP contribution in [0.25, 0.3) is 10.4 Å². The molecule has 0 radical (unpaired) electrons. The number of carbonyl (C=O) groups is 1. The van der Waals surface area contributed by atoms with E-state index in [0.29, 0.717) is 17.0 Å². The summed E-state index contributed by atoms with van der Waals surface area (Å²) in [5.41, 5.74) is 1.83. The maximum Gasteiger partial charge on any atom is 0.261 e. The first-order chi connectivity index (χ1) is 14.7. The van der Waals surface area contributed by atoms with E-state index in [9.17, 15) is 9.18 Å². The van der Waals surface area contributed by atoms with Gasteiger partial charge in [0.1, 0.15) is 5.82 Å². The zero-order valence-electron chi connectivity index (χ0n) is 16.9. The molecule has 0 unspecified atom stereocenters. The van der Waals surface area contributed by atoms with Crippen LogP contribution in [0.2, 0.25) is 0 Å². The number of rotatable bonds is 7. The summed E-state index contributed by atoms with van der Waals surface area (Å²) in [7, 11) is 0. The van der Waals surface area contributed by atoms with Crippen LogP contribution >= 0.6 is 11.3 Å². The molecular weight excluding hydrogens is 397 g/mol. The van der Waals surface area contributed by atoms with Crippen LogP contribution in [0.4, 0.5) is 10.1 Å². The van der Waals surface area contributed by atoms with E-state index in [0.717, 1.165) is 44.0 Å². The second-order valence-corrected chi connectivity index (χ2v) is 8.50. The Kier molecular flexibility index (Phi) is 6.77. The molecule has 4 rings (SSSR count). The lowest BCUT2D eigenvalue weighted by Crippen LogP contribution is -2.47. The van der Waals surface area contributed by atoms with E-state index in [-0.39, 0.29) is 11.7 Å². The Morgan fingerprint density at radius 2 is 1.67 bits per heavy atom. The highest BCUT2D eigenvalue weighted by atomic mass is 32.1. The number of anilines is 1. The van der Waals surface area contributed by atoms with Gasteiger partial charge in [-0.1, -0.05) is 36.4 Å². The summed E-state index contributed by atoms with van der Waals surface area (Å²) >= 11 is 1.32. The van der Waals surface area contributed by atoms with Crippen molar-refractivity contribution in [2.24, 2.45) is 0 Å². The quantitative estimate of drug-likeness (QED) is 0.569. The van der Waals surface area contributed by atoms with Crippen LogP contribution in [0.15, 0.2) is 66.7 Å². The SMILES string of the molecule is O=C(NCCCN1CCN(c2ccccc2)CC1)c1ccc(-c2ccccc2F)s1. The van der Waals surface area contributed by atoms with E-state index < -0.39 is 0 Å². The molecular formula is C24H26FN3OS. The highest BCUT2D eigenvalue weighted by molar-refractivity contribution is 7.17. The average Bonchev–Trinajstić information content (AvgIpc) is 3.28. The summed E-state index contributed by atoms with van der Waals surface area (Å²) in [6, 6.07) is 20.8. The lowest BCUT2D eigenvalue weighted by molar-refractivity contribution is 0.0955. The third-order valence-corrected chi connectivity index (χ3v) is 6.52. The molecule has 6 heteroatoms. The highest BCUT2D eigenvalue weighted by Gasteiger charge is 2.17. The van der Waals surface area contributed by atoms with E-state index in [1.807, 2.05) is 12.1 Å². The highest BCUT2D eigenvalue weighted by Crippen LogP contribution is 2.29. The van der Waals surface area contributed by atoms with Crippen molar-refractivity contribution in [1.82, 2.24) is 10.2 Å². The first-order valence-corrected chi connectivity index (χ1v) is 11.2. The molecule has 1 N–H and O–H groups in total. The Morgan fingerprint density at radius 1 is 0.933 bits per heavy atom. The lowest BCUT2D eigenvalue weighted by Gasteiger charge is -2.36. The monoisotopic (exact) mass is 423 g/mol. The zero-order chi connectivity index (χ0) is 20.8. The van der Waals surface area contributed by atoms with Crippen LogP contribution in [0, 0.1) is 5.82 Å². The van der Waals surface area contributed by atoms with Gasteiger partial charge in [0.25, 0.3) is 5.91 Å². The van der Waals surface area contributed by atoms with Crippen LogP contribution in [-0.2, 0) is 0 Å². The second kappa shape index (κ2) is 9.87. The molecule has 2 aromatic carbocycles. The molecule has 1 fully saturated rings. The lowest BCUT2D eigenvalue weighted by atomic mass is 10.2. The van der Waals surface area contributed by atoms with E-state index >= 15 is 0 Å². The Morgan fingerprint density at radius 3 is 2.43 bits per heavy atom. The van der Waals surface area contributed by atoms with Gasteiger partial charge in [-0.2, -0.15) is 0 Å². The number of nitrogens with one attached hydrogen (secondary N) is 1. The van der Waals surface area contributed by atoms with Crippen molar-refractivity contribution in [3.8, 4) is 10.4 Å². The van der Waals surface area contributed by atoms with Gasteiger partial charge < -0.3 is 10.2 Å². The summed E-state index contributed by atoms with van der Waals surface area (Å²) in [4.78, 5) is 18.7. The number of halogens is 1. The number of para-hydroxylation sites is 1. The smallest absolute Gasteiger partial charge is 0.261 e. The molecule has 0 bridgehead atoms. The number of nitrogens with zero attached hydrogens (tertiary/aromatic N) is 2. The van der Waals surface area contributed by atoms with Crippen LogP contribution in [0.3, 0.4) is 0 Å². The van der Waals surface area contributed by atoms with Gasteiger partial charge in [-0.3, -0.25) is 9.69 Å². The Balaban J connectivity index is 1.19. The number of carbonyl (C=O) groups excluding carboxylic acids is 1. The molecule has 1 aliphatic heterocycles. The molecule has 1 amide bonds. The molecule has 2 heterocycles. The molecule has 30 heavy (non-hydrogen) atoms. The van der Waals surface area contributed by atoms with Gasteiger partial charge in [0.05, 0.1) is 4.88 Å². The summed E-state index contributed by atoms with van der Waals surface area (Å²) in [6.45, 7) is 5.77. The van der Waals surface area contributed by atoms with Crippen LogP contribution in [0.1, 0.15) is 16.1 Å². The van der Waals surface area contributed by atoms with E-state index in [4.69, 9.17) is 0 Å². The summed E-state index contributed by atoms with van der Waals surface area (Å²) in [5.74, 6) is -0.352. The van der Waals surface area contributed by atoms with Crippen molar-refractivity contribution in [3.05, 3.63) is 77.4 Å². The number of hydrogen-bond acceptors (Lipinski definition) is 4. The number of amides is 1. The third-order valence-electron chi connectivity index (χ3n) is 5.40. The molecule has 3 aromatic rings. The molecule has 0 atom stereocenters. The normalized spacial score (nSPS) is 14.6. The summed E-state index contributed by atoms with van der Waals surface area (Å²) in [5, 5.41) is 2.99. The van der Waals surface area contributed by atoms with Gasteiger partial charge in [0, 0.05) is 48.9 Å². The molecule has 0 saturated carbocycles. The predicted molar refractivity (Wildman–Crippen MR) is 122 cm³/mol. The average molecular weight is 424 g/mol. The van der Waals surface area contributed by atoms with Crippen molar-refractivity contribution in [2.75, 3.05) is 44.2 Å². The molecule has 0 spiro atoms. The van der Waals surface area contributed by atoms with Gasteiger partial charge >= 0.3 is 0 Å². The van der Waals surface area contributed by atoms with Gasteiger partial charge in [-0.25, -0.2) is 4.39 Å². The van der Waals surface area contributed by atoms with Crippen LogP contribution in [-0.4, -0.2) is 50.1 Å². The Labute approximate surface area is 180 Å². The first kappa shape index (κ1) is 20.6. The topological polar surface area (TPSA) is 35.6 Å². The Hall–Kier alpha value is -2.70. The molecule has 1 aliphatic rings. The molecule has 1 aromatic heterocycles. The largest absolute Gasteiger partial charge is 0.369 e. The summed E-state index contributed by atoms with van der Waals surface area (Å²) < 4.78 is 13.9. The molecule has 0 aliphatic carbocycles. The van der Waals surface area contributed by atoms with Crippen molar-refractivity contribution in [2.45, 2.75) is 6.42 Å². The zero-order valence-corrected chi connectivity index (χ0v) is 17.7. The fourth-order valence-electron chi connectivity index (χ4n) is 3.73. The van der Waals surface area contributed by atoms with Crippen LogP contribution < -0.4 is 10.2 Å². The maximum atomic E-state index is 13.9. The fraction of sp³-hybridized carbons (Fsp3) is 0.292. The van der Waals surface area contributed by atoms with Gasteiger partial charge in [-0.05, 0) is 43.3 Å².